The van der Waals surface area contributed by atoms with E-state index >= 15 is 0 Å². The average molecular weight is 456 g/mol. The first kappa shape index (κ1) is 21.0. The minimum absolute atomic E-state index is 0.0236. The van der Waals surface area contributed by atoms with Gasteiger partial charge in [-0.1, -0.05) is 6.92 Å². The second-order valence-corrected chi connectivity index (χ2v) is 11.4. The van der Waals surface area contributed by atoms with Gasteiger partial charge in [0.25, 0.3) is 0 Å². The van der Waals surface area contributed by atoms with Gasteiger partial charge in [-0.2, -0.15) is 0 Å². The van der Waals surface area contributed by atoms with E-state index in [0.29, 0.717) is 18.3 Å². The van der Waals surface area contributed by atoms with Crippen LogP contribution in [0.3, 0.4) is 0 Å². The number of phenols is 2. The summed E-state index contributed by atoms with van der Waals surface area (Å²) in [6.45, 7) is 4.23. The Hall–Kier alpha value is -2.61. The quantitative estimate of drug-likeness (QED) is 0.501. The molecular formula is C25H29NO7. The molecule has 33 heavy (non-hydrogen) atoms. The molecule has 4 aliphatic carbocycles. The highest BCUT2D eigenvalue weighted by Gasteiger charge is 2.79. The van der Waals surface area contributed by atoms with Crippen LogP contribution in [0.1, 0.15) is 62.7 Å². The van der Waals surface area contributed by atoms with Crippen molar-refractivity contribution in [2.75, 3.05) is 5.32 Å². The summed E-state index contributed by atoms with van der Waals surface area (Å²) < 4.78 is 6.51. The Morgan fingerprint density at radius 3 is 2.67 bits per heavy atom. The van der Waals surface area contributed by atoms with Crippen molar-refractivity contribution in [1.82, 2.24) is 0 Å². The maximum absolute atomic E-state index is 13.5. The van der Waals surface area contributed by atoms with Crippen LogP contribution in [0.15, 0.2) is 12.1 Å². The number of ketones is 1. The van der Waals surface area contributed by atoms with Gasteiger partial charge in [-0.3, -0.25) is 9.59 Å². The summed E-state index contributed by atoms with van der Waals surface area (Å²) in [7, 11) is 0. The number of carboxylic acid groups (broad SMARTS) is 1. The number of aromatic carboxylic acids is 1. The zero-order valence-electron chi connectivity index (χ0n) is 18.8. The fourth-order valence-corrected chi connectivity index (χ4v) is 8.49. The molecule has 0 radical (unpaired) electrons. The summed E-state index contributed by atoms with van der Waals surface area (Å²) in [5.41, 5.74) is -1.34. The number of amides is 1. The lowest BCUT2D eigenvalue weighted by Gasteiger charge is -2.57. The van der Waals surface area contributed by atoms with E-state index in [1.54, 1.807) is 0 Å². The number of rotatable bonds is 5. The number of Topliss-reactive ketones (excluding diaryl/α,β-unsaturated/α-hetero) is 1. The Morgan fingerprint density at radius 1 is 1.21 bits per heavy atom. The molecule has 1 aromatic carbocycles. The number of hydrogen-bond donors (Lipinski definition) is 4. The lowest BCUT2D eigenvalue weighted by Crippen LogP contribution is -2.59. The Labute approximate surface area is 191 Å². The van der Waals surface area contributed by atoms with Crippen LogP contribution in [-0.4, -0.2) is 44.7 Å². The minimum atomic E-state index is -1.37. The van der Waals surface area contributed by atoms with Crippen molar-refractivity contribution in [2.24, 2.45) is 34.5 Å². The third-order valence-electron chi connectivity index (χ3n) is 9.74. The molecule has 2 heterocycles. The Kier molecular flexibility index (Phi) is 3.99. The van der Waals surface area contributed by atoms with E-state index in [-0.39, 0.29) is 46.8 Å². The van der Waals surface area contributed by atoms with E-state index < -0.39 is 34.4 Å². The fraction of sp³-hybridized carbons (Fsp3) is 0.640. The summed E-state index contributed by atoms with van der Waals surface area (Å²) in [5, 5.41) is 31.9. The molecule has 6 fully saturated rings. The van der Waals surface area contributed by atoms with Gasteiger partial charge in [-0.05, 0) is 68.4 Å². The second-order valence-electron chi connectivity index (χ2n) is 11.4. The minimum Gasteiger partial charge on any atom is -0.506 e. The highest BCUT2D eigenvalue weighted by Crippen LogP contribution is 2.79. The first-order valence-corrected chi connectivity index (χ1v) is 11.8. The number of anilines is 1. The lowest BCUT2D eigenvalue weighted by molar-refractivity contribution is -0.194. The van der Waals surface area contributed by atoms with E-state index in [2.05, 4.69) is 12.2 Å². The molecule has 1 amide bonds. The van der Waals surface area contributed by atoms with Crippen LogP contribution in [0.2, 0.25) is 0 Å². The summed E-state index contributed by atoms with van der Waals surface area (Å²) in [5.74, 6) is -1.49. The summed E-state index contributed by atoms with van der Waals surface area (Å²) >= 11 is 0. The molecule has 6 aliphatic rings. The summed E-state index contributed by atoms with van der Waals surface area (Å²) in [6.07, 6.45) is 4.50. The van der Waals surface area contributed by atoms with Crippen molar-refractivity contribution in [1.29, 1.82) is 0 Å². The average Bonchev–Trinajstić information content (AvgIpc) is 3.46. The number of carbonyl (C=O) groups excluding carboxylic acids is 2. The second kappa shape index (κ2) is 6.29. The fourth-order valence-electron chi connectivity index (χ4n) is 8.49. The van der Waals surface area contributed by atoms with Crippen LogP contribution in [0.5, 0.6) is 11.5 Å². The van der Waals surface area contributed by atoms with Gasteiger partial charge in [0.05, 0.1) is 11.7 Å². The number of carboxylic acids is 1. The van der Waals surface area contributed by atoms with Crippen molar-refractivity contribution >= 4 is 23.3 Å². The van der Waals surface area contributed by atoms with E-state index in [1.807, 2.05) is 6.92 Å². The standard InChI is InChI=1S/C25H29NO7/c1-23(6-5-17(28)26-18-15(27)4-3-12(19(18)29)22(31)32)20-16-7-11-9-25(20,10-24(11,2)33-16)14-8-13(14)21(23)30/h3-4,11,13-14,16,20,27,29H,5-10H2,1-2H3,(H,26,28)(H,31,32)/t11?,13-,14+,16?,20?,23+,24?,25?/m1/s1. The van der Waals surface area contributed by atoms with Crippen LogP contribution in [0, 0.1) is 34.5 Å². The molecule has 8 nitrogen and oxygen atoms in total. The Bertz CT molecular complexity index is 1120. The predicted octanol–water partition coefficient (Wildman–Crippen LogP) is 3.31. The van der Waals surface area contributed by atoms with Crippen LogP contribution < -0.4 is 5.32 Å². The van der Waals surface area contributed by atoms with Crippen LogP contribution >= 0.6 is 0 Å². The van der Waals surface area contributed by atoms with Gasteiger partial charge < -0.3 is 25.4 Å². The largest absolute Gasteiger partial charge is 0.506 e. The lowest BCUT2D eigenvalue weighted by atomic mass is 9.48. The van der Waals surface area contributed by atoms with Crippen LogP contribution in [-0.2, 0) is 14.3 Å². The molecule has 0 aromatic heterocycles. The first-order valence-electron chi connectivity index (χ1n) is 11.8. The normalized spacial score (nSPS) is 43.8. The molecule has 8 atom stereocenters. The predicted molar refractivity (Wildman–Crippen MR) is 116 cm³/mol. The van der Waals surface area contributed by atoms with Gasteiger partial charge in [-0.15, -0.1) is 0 Å². The molecule has 4 saturated carbocycles. The highest BCUT2D eigenvalue weighted by molar-refractivity contribution is 6.00. The zero-order valence-corrected chi connectivity index (χ0v) is 18.8. The maximum Gasteiger partial charge on any atom is 0.339 e. The van der Waals surface area contributed by atoms with Crippen molar-refractivity contribution in [2.45, 2.75) is 64.1 Å². The van der Waals surface area contributed by atoms with Gasteiger partial charge in [0, 0.05) is 23.7 Å². The number of fused-ring (bicyclic) bond motifs is 1. The van der Waals surface area contributed by atoms with Crippen molar-refractivity contribution < 1.29 is 34.4 Å². The van der Waals surface area contributed by atoms with Gasteiger partial charge >= 0.3 is 5.97 Å². The van der Waals surface area contributed by atoms with Gasteiger partial charge in [0.2, 0.25) is 5.91 Å². The van der Waals surface area contributed by atoms with E-state index in [9.17, 15) is 29.7 Å². The van der Waals surface area contributed by atoms with E-state index in [4.69, 9.17) is 4.74 Å². The van der Waals surface area contributed by atoms with E-state index in [0.717, 1.165) is 37.8 Å². The summed E-state index contributed by atoms with van der Waals surface area (Å²) in [4.78, 5) is 37.6. The monoisotopic (exact) mass is 455 g/mol. The highest BCUT2D eigenvalue weighted by atomic mass is 16.5. The molecule has 2 saturated heterocycles. The Morgan fingerprint density at radius 2 is 1.97 bits per heavy atom. The summed E-state index contributed by atoms with van der Waals surface area (Å²) in [6, 6.07) is 2.19. The van der Waals surface area contributed by atoms with Crippen molar-refractivity contribution in [3.8, 4) is 11.5 Å². The third-order valence-corrected chi connectivity index (χ3v) is 9.74. The maximum atomic E-state index is 13.5. The molecule has 1 spiro atoms. The van der Waals surface area contributed by atoms with Crippen molar-refractivity contribution in [3.63, 3.8) is 0 Å². The van der Waals surface area contributed by atoms with Gasteiger partial charge in [0.1, 0.15) is 22.8 Å². The molecule has 5 unspecified atom stereocenters. The molecule has 176 valence electrons. The molecule has 2 aliphatic heterocycles. The van der Waals surface area contributed by atoms with Crippen LogP contribution in [0.25, 0.3) is 0 Å². The topological polar surface area (TPSA) is 133 Å². The van der Waals surface area contributed by atoms with Gasteiger partial charge in [0.15, 0.2) is 5.75 Å². The van der Waals surface area contributed by atoms with Crippen molar-refractivity contribution in [3.05, 3.63) is 17.7 Å². The number of benzene rings is 1. The van der Waals surface area contributed by atoms with Crippen LogP contribution in [0.4, 0.5) is 5.69 Å². The smallest absolute Gasteiger partial charge is 0.339 e. The zero-order chi connectivity index (χ0) is 23.5. The number of carbonyl (C=O) groups is 3. The number of hydrogen-bond acceptors (Lipinski definition) is 6. The Balaban J connectivity index is 1.24. The van der Waals surface area contributed by atoms with E-state index in [1.165, 1.54) is 0 Å². The third kappa shape index (κ3) is 2.58. The SMILES string of the molecule is CC12CC34CC1CC(O2)C3[C@](C)(CCC(=O)Nc1c(O)ccc(C(=O)O)c1O)C(=O)[C@@H]1C[C@@H]14. The molecular weight excluding hydrogens is 426 g/mol. The first-order chi connectivity index (χ1) is 15.5. The van der Waals surface area contributed by atoms with Gasteiger partial charge in [-0.25, -0.2) is 4.79 Å². The number of phenolic OH excluding ortho intramolecular Hbond substituents is 1. The molecule has 8 heteroatoms. The molecule has 7 rings (SSSR count). The number of aromatic hydroxyl groups is 2. The molecule has 4 bridgehead atoms. The molecule has 1 aromatic rings. The number of nitrogens with one attached hydrogen (secondary N) is 1. The molecule has 4 N–H and O–H groups in total. The number of ether oxygens (including phenoxy) is 1.